The number of aliphatic carboxylic acids is 1. The summed E-state index contributed by atoms with van der Waals surface area (Å²) in [5.41, 5.74) is 3.36. The number of halogens is 3. The fourth-order valence-corrected chi connectivity index (χ4v) is 3.04. The Labute approximate surface area is 184 Å². The van der Waals surface area contributed by atoms with Gasteiger partial charge in [-0.1, -0.05) is 12.1 Å². The second kappa shape index (κ2) is 11.4. The van der Waals surface area contributed by atoms with Gasteiger partial charge in [0.15, 0.2) is 0 Å². The van der Waals surface area contributed by atoms with Crippen molar-refractivity contribution in [2.45, 2.75) is 19.6 Å². The summed E-state index contributed by atoms with van der Waals surface area (Å²) in [6.07, 6.45) is -0.0956. The quantitative estimate of drug-likeness (QED) is 0.742. The number of carbonyl (C=O) groups excluding carboxylic acids is 1. The number of hydrogen-bond acceptors (Lipinski definition) is 6. The van der Waals surface area contributed by atoms with Gasteiger partial charge in [-0.25, -0.2) is 4.79 Å². The number of carboxylic acids is 1. The molecule has 1 aliphatic heterocycles. The van der Waals surface area contributed by atoms with Gasteiger partial charge in [0.05, 0.1) is 25.0 Å². The number of rotatable bonds is 5. The van der Waals surface area contributed by atoms with Gasteiger partial charge in [0.2, 0.25) is 5.91 Å². The average molecular weight is 453 g/mol. The number of carbonyl (C=O) groups is 2. The number of likely N-dealkylation sites (N-methyl/N-ethyl adjacent to an activating group) is 1. The molecular formula is C21H26F3N5O3. The average Bonchev–Trinajstić information content (AvgIpc) is 2.74. The van der Waals surface area contributed by atoms with Crippen molar-refractivity contribution in [3.63, 3.8) is 0 Å². The maximum Gasteiger partial charge on any atom is 0.490 e. The van der Waals surface area contributed by atoms with Crippen LogP contribution in [0.25, 0.3) is 0 Å². The molecule has 174 valence electrons. The molecule has 1 N–H and O–H groups in total. The maximum atomic E-state index is 12.4. The van der Waals surface area contributed by atoms with Gasteiger partial charge in [0.1, 0.15) is 0 Å². The topological polar surface area (TPSA) is 89.9 Å². The first-order chi connectivity index (χ1) is 15.1. The minimum atomic E-state index is -5.08. The Bertz CT molecular complexity index is 888. The first-order valence-electron chi connectivity index (χ1n) is 9.89. The normalized spacial score (nSPS) is 14.3. The molecule has 0 aliphatic carbocycles. The highest BCUT2D eigenvalue weighted by atomic mass is 19.4. The van der Waals surface area contributed by atoms with Crippen molar-refractivity contribution in [3.05, 3.63) is 54.1 Å². The van der Waals surface area contributed by atoms with Crippen LogP contribution in [0.15, 0.2) is 42.9 Å². The number of aryl methyl sites for hydroxylation is 1. The number of nitrogens with zero attached hydrogens (tertiary/aromatic N) is 5. The van der Waals surface area contributed by atoms with E-state index in [1.54, 1.807) is 23.5 Å². The molecule has 2 heterocycles. The van der Waals surface area contributed by atoms with Gasteiger partial charge in [-0.15, -0.1) is 0 Å². The van der Waals surface area contributed by atoms with Gasteiger partial charge < -0.3 is 14.9 Å². The Morgan fingerprint density at radius 1 is 1.16 bits per heavy atom. The van der Waals surface area contributed by atoms with Gasteiger partial charge in [-0.3, -0.25) is 19.7 Å². The van der Waals surface area contributed by atoms with Crippen LogP contribution in [0.4, 0.5) is 18.9 Å². The van der Waals surface area contributed by atoms with Crippen LogP contribution in [0.3, 0.4) is 0 Å². The lowest BCUT2D eigenvalue weighted by molar-refractivity contribution is -0.192. The zero-order valence-electron chi connectivity index (χ0n) is 17.9. The molecule has 1 aromatic heterocycles. The summed E-state index contributed by atoms with van der Waals surface area (Å²) in [6.45, 7) is 6.77. The summed E-state index contributed by atoms with van der Waals surface area (Å²) in [4.78, 5) is 35.9. The number of aromatic nitrogens is 2. The number of anilines is 1. The molecule has 1 aromatic carbocycles. The zero-order valence-corrected chi connectivity index (χ0v) is 17.9. The second-order valence-corrected chi connectivity index (χ2v) is 7.35. The minimum Gasteiger partial charge on any atom is -0.475 e. The van der Waals surface area contributed by atoms with E-state index in [0.717, 1.165) is 31.9 Å². The van der Waals surface area contributed by atoms with E-state index in [9.17, 15) is 18.0 Å². The fraction of sp³-hybridized carbons (Fsp3) is 0.429. The molecule has 0 atom stereocenters. The Kier molecular flexibility index (Phi) is 8.94. The summed E-state index contributed by atoms with van der Waals surface area (Å²) in [6, 6.07) is 8.59. The highest BCUT2D eigenvalue weighted by molar-refractivity contribution is 5.78. The van der Waals surface area contributed by atoms with Crippen molar-refractivity contribution in [2.75, 3.05) is 44.7 Å². The van der Waals surface area contributed by atoms with Crippen molar-refractivity contribution in [1.82, 2.24) is 19.8 Å². The lowest BCUT2D eigenvalue weighted by atomic mass is 10.2. The van der Waals surface area contributed by atoms with Gasteiger partial charge >= 0.3 is 12.1 Å². The van der Waals surface area contributed by atoms with E-state index in [0.29, 0.717) is 13.1 Å². The summed E-state index contributed by atoms with van der Waals surface area (Å²) in [7, 11) is 1.82. The molecule has 8 nitrogen and oxygen atoms in total. The van der Waals surface area contributed by atoms with E-state index in [2.05, 4.69) is 51.0 Å². The first kappa shape index (κ1) is 25.1. The third-order valence-electron chi connectivity index (χ3n) is 4.78. The van der Waals surface area contributed by atoms with Crippen molar-refractivity contribution in [2.24, 2.45) is 0 Å². The standard InChI is InChI=1S/C19H25N5O.C2HF3O2/c1-16-4-3-5-18(12-16)24-10-8-23(9-11-24)15-19(25)22(2)14-17-13-20-6-7-21-17;3-2(4,5)1(6)7/h3-7,12-13H,8-11,14-15H2,1-2H3;(H,6,7). The fourth-order valence-electron chi connectivity index (χ4n) is 3.04. The lowest BCUT2D eigenvalue weighted by Crippen LogP contribution is -2.49. The molecular weight excluding hydrogens is 427 g/mol. The van der Waals surface area contributed by atoms with E-state index in [4.69, 9.17) is 9.90 Å². The molecule has 0 unspecified atom stereocenters. The Hall–Kier alpha value is -3.21. The molecule has 0 bridgehead atoms. The Balaban J connectivity index is 0.000000451. The Morgan fingerprint density at radius 2 is 1.81 bits per heavy atom. The number of piperazine rings is 1. The lowest BCUT2D eigenvalue weighted by Gasteiger charge is -2.36. The smallest absolute Gasteiger partial charge is 0.475 e. The van der Waals surface area contributed by atoms with Crippen LogP contribution in [-0.4, -0.2) is 82.7 Å². The summed E-state index contributed by atoms with van der Waals surface area (Å²) >= 11 is 0. The molecule has 32 heavy (non-hydrogen) atoms. The molecule has 0 radical (unpaired) electrons. The van der Waals surface area contributed by atoms with Crippen LogP contribution in [0.5, 0.6) is 0 Å². The summed E-state index contributed by atoms with van der Waals surface area (Å²) in [5, 5.41) is 7.12. The van der Waals surface area contributed by atoms with Gasteiger partial charge in [0.25, 0.3) is 0 Å². The monoisotopic (exact) mass is 453 g/mol. The summed E-state index contributed by atoms with van der Waals surface area (Å²) < 4.78 is 31.7. The second-order valence-electron chi connectivity index (χ2n) is 7.35. The van der Waals surface area contributed by atoms with Crippen LogP contribution in [0.1, 0.15) is 11.3 Å². The molecule has 11 heteroatoms. The SMILES string of the molecule is Cc1cccc(N2CCN(CC(=O)N(C)Cc3cnccn3)CC2)c1.O=C(O)C(F)(F)F. The third kappa shape index (κ3) is 8.14. The molecule has 1 fully saturated rings. The van der Waals surface area contributed by atoms with Crippen LogP contribution in [0.2, 0.25) is 0 Å². The van der Waals surface area contributed by atoms with E-state index in [1.165, 1.54) is 11.3 Å². The summed E-state index contributed by atoms with van der Waals surface area (Å²) in [5.74, 6) is -2.64. The van der Waals surface area contributed by atoms with Gasteiger partial charge in [0, 0.05) is 51.3 Å². The van der Waals surface area contributed by atoms with Crippen LogP contribution in [-0.2, 0) is 16.1 Å². The highest BCUT2D eigenvalue weighted by Gasteiger charge is 2.38. The molecule has 3 rings (SSSR count). The van der Waals surface area contributed by atoms with Crippen molar-refractivity contribution >= 4 is 17.6 Å². The predicted molar refractivity (Wildman–Crippen MR) is 112 cm³/mol. The highest BCUT2D eigenvalue weighted by Crippen LogP contribution is 2.18. The van der Waals surface area contributed by atoms with Crippen molar-refractivity contribution in [1.29, 1.82) is 0 Å². The van der Waals surface area contributed by atoms with Crippen molar-refractivity contribution < 1.29 is 27.9 Å². The van der Waals surface area contributed by atoms with Crippen molar-refractivity contribution in [3.8, 4) is 0 Å². The molecule has 0 saturated carbocycles. The minimum absolute atomic E-state index is 0.120. The third-order valence-corrected chi connectivity index (χ3v) is 4.78. The van der Waals surface area contributed by atoms with E-state index < -0.39 is 12.1 Å². The number of carboxylic acid groups (broad SMARTS) is 1. The first-order valence-corrected chi connectivity index (χ1v) is 9.89. The maximum absolute atomic E-state index is 12.4. The molecule has 1 aliphatic rings. The van der Waals surface area contributed by atoms with E-state index >= 15 is 0 Å². The predicted octanol–water partition coefficient (Wildman–Crippen LogP) is 2.20. The number of amides is 1. The van der Waals surface area contributed by atoms with Crippen LogP contribution in [0, 0.1) is 6.92 Å². The molecule has 2 aromatic rings. The molecule has 0 spiro atoms. The molecule has 1 amide bonds. The largest absolute Gasteiger partial charge is 0.490 e. The van der Waals surface area contributed by atoms with E-state index in [-0.39, 0.29) is 5.91 Å². The van der Waals surface area contributed by atoms with E-state index in [1.807, 2.05) is 7.05 Å². The molecule has 1 saturated heterocycles. The van der Waals surface area contributed by atoms with Crippen LogP contribution >= 0.6 is 0 Å². The van der Waals surface area contributed by atoms with Gasteiger partial charge in [-0.05, 0) is 24.6 Å². The number of alkyl halides is 3. The number of hydrogen-bond donors (Lipinski definition) is 1. The zero-order chi connectivity index (χ0) is 23.7. The van der Waals surface area contributed by atoms with Gasteiger partial charge in [-0.2, -0.15) is 13.2 Å². The number of benzene rings is 1. The van der Waals surface area contributed by atoms with Crippen LogP contribution < -0.4 is 4.90 Å². The Morgan fingerprint density at radius 3 is 2.34 bits per heavy atom.